The van der Waals surface area contributed by atoms with E-state index in [4.69, 9.17) is 4.74 Å². The predicted octanol–water partition coefficient (Wildman–Crippen LogP) is 2.18. The van der Waals surface area contributed by atoms with Crippen molar-refractivity contribution in [2.45, 2.75) is 45.1 Å². The van der Waals surface area contributed by atoms with Crippen LogP contribution in [0.2, 0.25) is 0 Å². The number of nitrogens with zero attached hydrogens (tertiary/aromatic N) is 1. The van der Waals surface area contributed by atoms with Crippen molar-refractivity contribution in [3.8, 4) is 0 Å². The van der Waals surface area contributed by atoms with Gasteiger partial charge in [-0.3, -0.25) is 14.4 Å². The van der Waals surface area contributed by atoms with Gasteiger partial charge in [-0.1, -0.05) is 13.3 Å². The van der Waals surface area contributed by atoms with Crippen LogP contribution < -0.4 is 10.6 Å². The molecule has 0 radical (unpaired) electrons. The second-order valence-electron chi connectivity index (χ2n) is 7.51. The molecule has 1 aromatic rings. The van der Waals surface area contributed by atoms with Crippen molar-refractivity contribution in [3.63, 3.8) is 0 Å². The van der Waals surface area contributed by atoms with E-state index in [1.807, 2.05) is 0 Å². The lowest BCUT2D eigenvalue weighted by atomic mass is 10.1. The van der Waals surface area contributed by atoms with Gasteiger partial charge in [0.05, 0.1) is 12.0 Å². The maximum Gasteiger partial charge on any atom is 0.251 e. The first-order valence-electron chi connectivity index (χ1n) is 10.2. The SMILES string of the molecule is CCCCN1C[C@@H](C(=O)Nc2ccc(C(=O)NC[C@@H]3CCCO3)cc2)CC1=O. The summed E-state index contributed by atoms with van der Waals surface area (Å²) in [6.45, 7) is 4.56. The Hall–Kier alpha value is -2.41. The van der Waals surface area contributed by atoms with Gasteiger partial charge in [-0.2, -0.15) is 0 Å². The zero-order valence-electron chi connectivity index (χ0n) is 16.4. The summed E-state index contributed by atoms with van der Waals surface area (Å²) in [5, 5.41) is 5.73. The lowest BCUT2D eigenvalue weighted by Gasteiger charge is -2.16. The quantitative estimate of drug-likeness (QED) is 0.716. The first-order valence-corrected chi connectivity index (χ1v) is 10.2. The highest BCUT2D eigenvalue weighted by molar-refractivity contribution is 5.98. The van der Waals surface area contributed by atoms with Crippen LogP contribution in [0.3, 0.4) is 0 Å². The molecule has 2 heterocycles. The number of unbranched alkanes of at least 4 members (excludes halogenated alkanes) is 1. The van der Waals surface area contributed by atoms with Gasteiger partial charge in [0.1, 0.15) is 0 Å². The van der Waals surface area contributed by atoms with Gasteiger partial charge in [-0.05, 0) is 43.5 Å². The number of hydrogen-bond donors (Lipinski definition) is 2. The smallest absolute Gasteiger partial charge is 0.251 e. The summed E-state index contributed by atoms with van der Waals surface area (Å²) in [6.07, 6.45) is 4.36. The van der Waals surface area contributed by atoms with E-state index in [2.05, 4.69) is 17.6 Å². The van der Waals surface area contributed by atoms with E-state index < -0.39 is 0 Å². The molecule has 2 N–H and O–H groups in total. The van der Waals surface area contributed by atoms with Crippen molar-refractivity contribution < 1.29 is 19.1 Å². The zero-order chi connectivity index (χ0) is 19.9. The molecule has 2 atom stereocenters. The third kappa shape index (κ3) is 5.32. The van der Waals surface area contributed by atoms with Gasteiger partial charge in [0.15, 0.2) is 0 Å². The Morgan fingerprint density at radius 3 is 2.71 bits per heavy atom. The van der Waals surface area contributed by atoms with E-state index in [-0.39, 0.29) is 36.2 Å². The third-order valence-electron chi connectivity index (χ3n) is 5.30. The average molecular weight is 387 g/mol. The van der Waals surface area contributed by atoms with Crippen LogP contribution in [0.1, 0.15) is 49.4 Å². The Balaban J connectivity index is 1.47. The summed E-state index contributed by atoms with van der Waals surface area (Å²) in [4.78, 5) is 38.5. The fraction of sp³-hybridized carbons (Fsp3) is 0.571. The molecule has 0 spiro atoms. The molecule has 7 heteroatoms. The van der Waals surface area contributed by atoms with Crippen LogP contribution in [0, 0.1) is 5.92 Å². The molecule has 2 saturated heterocycles. The van der Waals surface area contributed by atoms with E-state index in [1.54, 1.807) is 29.2 Å². The highest BCUT2D eigenvalue weighted by Gasteiger charge is 2.33. The number of likely N-dealkylation sites (tertiary alicyclic amines) is 1. The van der Waals surface area contributed by atoms with Crippen molar-refractivity contribution in [2.24, 2.45) is 5.92 Å². The summed E-state index contributed by atoms with van der Waals surface area (Å²) in [7, 11) is 0. The number of rotatable bonds is 8. The van der Waals surface area contributed by atoms with Crippen LogP contribution in [0.5, 0.6) is 0 Å². The molecular weight excluding hydrogens is 358 g/mol. The van der Waals surface area contributed by atoms with Crippen molar-refractivity contribution in [2.75, 3.05) is 31.6 Å². The van der Waals surface area contributed by atoms with E-state index in [0.717, 1.165) is 38.8 Å². The molecule has 0 saturated carbocycles. The van der Waals surface area contributed by atoms with Crippen LogP contribution in [-0.2, 0) is 14.3 Å². The molecule has 2 aliphatic rings. The van der Waals surface area contributed by atoms with Crippen molar-refractivity contribution in [1.82, 2.24) is 10.2 Å². The fourth-order valence-corrected chi connectivity index (χ4v) is 3.58. The predicted molar refractivity (Wildman–Crippen MR) is 106 cm³/mol. The van der Waals surface area contributed by atoms with Gasteiger partial charge in [-0.15, -0.1) is 0 Å². The first kappa shape index (κ1) is 20.3. The standard InChI is InChI=1S/C21H29N3O4/c1-2-3-10-24-14-16(12-19(24)25)21(27)23-17-8-6-15(7-9-17)20(26)22-13-18-5-4-11-28-18/h6-9,16,18H,2-5,10-14H2,1H3,(H,22,26)(H,23,27)/t16-,18-/m0/s1. The van der Waals surface area contributed by atoms with Gasteiger partial charge in [0, 0.05) is 43.9 Å². The zero-order valence-corrected chi connectivity index (χ0v) is 16.4. The molecule has 0 aromatic heterocycles. The van der Waals surface area contributed by atoms with E-state index in [1.165, 1.54) is 0 Å². The molecule has 152 valence electrons. The topological polar surface area (TPSA) is 87.7 Å². The second kappa shape index (κ2) is 9.68. The molecule has 7 nitrogen and oxygen atoms in total. The number of anilines is 1. The molecule has 28 heavy (non-hydrogen) atoms. The molecule has 0 bridgehead atoms. The molecule has 3 rings (SSSR count). The van der Waals surface area contributed by atoms with E-state index in [0.29, 0.717) is 24.3 Å². The highest BCUT2D eigenvalue weighted by Crippen LogP contribution is 2.21. The van der Waals surface area contributed by atoms with Crippen LogP contribution in [-0.4, -0.2) is 55.0 Å². The number of benzene rings is 1. The Morgan fingerprint density at radius 2 is 2.04 bits per heavy atom. The summed E-state index contributed by atoms with van der Waals surface area (Å²) < 4.78 is 5.50. The summed E-state index contributed by atoms with van der Waals surface area (Å²) >= 11 is 0. The van der Waals surface area contributed by atoms with Gasteiger partial charge in [-0.25, -0.2) is 0 Å². The summed E-state index contributed by atoms with van der Waals surface area (Å²) in [5.74, 6) is -0.574. The molecule has 3 amide bonds. The molecule has 0 aliphatic carbocycles. The second-order valence-corrected chi connectivity index (χ2v) is 7.51. The Kier molecular flexibility index (Phi) is 7.03. The molecular formula is C21H29N3O4. The number of carbonyl (C=O) groups excluding carboxylic acids is 3. The minimum Gasteiger partial charge on any atom is -0.376 e. The Morgan fingerprint density at radius 1 is 1.25 bits per heavy atom. The number of amides is 3. The number of carbonyl (C=O) groups is 3. The van der Waals surface area contributed by atoms with Crippen molar-refractivity contribution >= 4 is 23.4 Å². The van der Waals surface area contributed by atoms with Crippen LogP contribution in [0.25, 0.3) is 0 Å². The fourth-order valence-electron chi connectivity index (χ4n) is 3.58. The maximum absolute atomic E-state index is 12.5. The van der Waals surface area contributed by atoms with Gasteiger partial charge >= 0.3 is 0 Å². The van der Waals surface area contributed by atoms with Gasteiger partial charge < -0.3 is 20.3 Å². The first-order chi connectivity index (χ1) is 13.6. The van der Waals surface area contributed by atoms with Crippen LogP contribution in [0.15, 0.2) is 24.3 Å². The highest BCUT2D eigenvalue weighted by atomic mass is 16.5. The van der Waals surface area contributed by atoms with Crippen LogP contribution in [0.4, 0.5) is 5.69 Å². The molecule has 2 fully saturated rings. The Bertz CT molecular complexity index is 698. The third-order valence-corrected chi connectivity index (χ3v) is 5.30. The maximum atomic E-state index is 12.5. The average Bonchev–Trinajstić information content (AvgIpc) is 3.34. The Labute approximate surface area is 165 Å². The molecule has 0 unspecified atom stereocenters. The monoisotopic (exact) mass is 387 g/mol. The number of nitrogens with one attached hydrogen (secondary N) is 2. The number of ether oxygens (including phenoxy) is 1. The minimum absolute atomic E-state index is 0.0480. The largest absolute Gasteiger partial charge is 0.376 e. The summed E-state index contributed by atoms with van der Waals surface area (Å²) in [6, 6.07) is 6.80. The molecule has 2 aliphatic heterocycles. The van der Waals surface area contributed by atoms with E-state index in [9.17, 15) is 14.4 Å². The van der Waals surface area contributed by atoms with Crippen molar-refractivity contribution in [1.29, 1.82) is 0 Å². The van der Waals surface area contributed by atoms with Crippen molar-refractivity contribution in [3.05, 3.63) is 29.8 Å². The summed E-state index contributed by atoms with van der Waals surface area (Å²) in [5.41, 5.74) is 1.16. The van der Waals surface area contributed by atoms with Gasteiger partial charge in [0.25, 0.3) is 5.91 Å². The minimum atomic E-state index is -0.321. The normalized spacial score (nSPS) is 21.8. The van der Waals surface area contributed by atoms with E-state index >= 15 is 0 Å². The van der Waals surface area contributed by atoms with Gasteiger partial charge in [0.2, 0.25) is 11.8 Å². The molecule has 1 aromatic carbocycles. The lowest BCUT2D eigenvalue weighted by molar-refractivity contribution is -0.128. The van der Waals surface area contributed by atoms with Crippen LogP contribution >= 0.6 is 0 Å². The number of hydrogen-bond acceptors (Lipinski definition) is 4. The lowest BCUT2D eigenvalue weighted by Crippen LogP contribution is -2.31.